The van der Waals surface area contributed by atoms with Crippen LogP contribution in [0.1, 0.15) is 55.2 Å². The molecule has 3 rings (SSSR count). The number of hydrogen-bond donors (Lipinski definition) is 1. The van der Waals surface area contributed by atoms with E-state index < -0.39 is 5.41 Å². The zero-order valence-corrected chi connectivity index (χ0v) is 22.3. The summed E-state index contributed by atoms with van der Waals surface area (Å²) in [6.07, 6.45) is 0. The van der Waals surface area contributed by atoms with E-state index in [2.05, 4.69) is 12.2 Å². The molecule has 0 saturated heterocycles. The Balaban J connectivity index is 1.95. The second-order valence-electron chi connectivity index (χ2n) is 10.2. The molecule has 2 amide bonds. The van der Waals surface area contributed by atoms with E-state index in [1.54, 1.807) is 31.4 Å². The molecule has 0 fully saturated rings. The van der Waals surface area contributed by atoms with Gasteiger partial charge in [0.15, 0.2) is 0 Å². The normalized spacial score (nSPS) is 12.0. The number of nitrogens with zero attached hydrogens (tertiary/aromatic N) is 2. The van der Waals surface area contributed by atoms with Crippen molar-refractivity contribution in [2.45, 2.75) is 40.3 Å². The van der Waals surface area contributed by atoms with Gasteiger partial charge in [-0.2, -0.15) is 0 Å². The highest BCUT2D eigenvalue weighted by Gasteiger charge is 2.31. The monoisotopic (exact) mass is 487 g/mol. The number of hydrogen-bond acceptors (Lipinski definition) is 4. The number of carbonyl (C=O) groups excluding carboxylic acids is 2. The summed E-state index contributed by atoms with van der Waals surface area (Å²) in [4.78, 5) is 30.4. The van der Waals surface area contributed by atoms with E-state index in [1.807, 2.05) is 93.2 Å². The summed E-state index contributed by atoms with van der Waals surface area (Å²) < 4.78 is 5.18. The first kappa shape index (κ1) is 26.8. The molecule has 0 saturated carbocycles. The van der Waals surface area contributed by atoms with Gasteiger partial charge >= 0.3 is 0 Å². The Hall–Kier alpha value is -3.80. The lowest BCUT2D eigenvalue weighted by Crippen LogP contribution is -2.40. The Labute approximate surface area is 214 Å². The van der Waals surface area contributed by atoms with E-state index >= 15 is 0 Å². The fourth-order valence-electron chi connectivity index (χ4n) is 4.08. The Morgan fingerprint density at radius 1 is 0.944 bits per heavy atom. The summed E-state index contributed by atoms with van der Waals surface area (Å²) in [5, 5.41) is 2.99. The molecule has 0 aliphatic carbocycles. The van der Waals surface area contributed by atoms with E-state index in [9.17, 15) is 9.59 Å². The van der Waals surface area contributed by atoms with E-state index in [0.717, 1.165) is 16.8 Å². The van der Waals surface area contributed by atoms with Gasteiger partial charge in [0, 0.05) is 43.0 Å². The SMILES string of the molecule is COc1ccc(C(=O)Nc2ccc(N(C)C)c(CN(C(=O)C(C)(C)C)C(C)c3ccccc3)c2)cc1. The summed E-state index contributed by atoms with van der Waals surface area (Å²) in [7, 11) is 5.55. The van der Waals surface area contributed by atoms with Crippen molar-refractivity contribution in [1.82, 2.24) is 4.90 Å². The molecule has 0 aromatic heterocycles. The average Bonchev–Trinajstić information content (AvgIpc) is 2.86. The number of methoxy groups -OCH3 is 1. The quantitative estimate of drug-likeness (QED) is 0.414. The molecule has 0 radical (unpaired) electrons. The number of benzene rings is 3. The highest BCUT2D eigenvalue weighted by atomic mass is 16.5. The zero-order chi connectivity index (χ0) is 26.5. The van der Waals surface area contributed by atoms with Crippen molar-refractivity contribution in [3.05, 3.63) is 89.5 Å². The van der Waals surface area contributed by atoms with Crippen molar-refractivity contribution in [2.24, 2.45) is 5.41 Å². The first-order valence-corrected chi connectivity index (χ1v) is 12.1. The molecule has 1 N–H and O–H groups in total. The van der Waals surface area contributed by atoms with E-state index in [0.29, 0.717) is 23.5 Å². The van der Waals surface area contributed by atoms with E-state index in [1.165, 1.54) is 0 Å². The minimum absolute atomic E-state index is 0.0660. The van der Waals surface area contributed by atoms with Crippen LogP contribution in [0.25, 0.3) is 0 Å². The largest absolute Gasteiger partial charge is 0.497 e. The first-order valence-electron chi connectivity index (χ1n) is 12.1. The van der Waals surface area contributed by atoms with Crippen LogP contribution in [-0.2, 0) is 11.3 Å². The maximum Gasteiger partial charge on any atom is 0.255 e. The van der Waals surface area contributed by atoms with Crippen LogP contribution in [0.3, 0.4) is 0 Å². The summed E-state index contributed by atoms with van der Waals surface area (Å²) in [6.45, 7) is 8.30. The van der Waals surface area contributed by atoms with Gasteiger partial charge in [-0.15, -0.1) is 0 Å². The molecule has 36 heavy (non-hydrogen) atoms. The van der Waals surface area contributed by atoms with Crippen LogP contribution in [-0.4, -0.2) is 37.9 Å². The van der Waals surface area contributed by atoms with Crippen LogP contribution in [0.2, 0.25) is 0 Å². The molecule has 3 aromatic rings. The molecular weight excluding hydrogens is 450 g/mol. The van der Waals surface area contributed by atoms with Gasteiger partial charge in [0.1, 0.15) is 5.75 Å². The molecule has 0 bridgehead atoms. The fraction of sp³-hybridized carbons (Fsp3) is 0.333. The third kappa shape index (κ3) is 6.45. The summed E-state index contributed by atoms with van der Waals surface area (Å²) in [5.41, 5.74) is 3.69. The molecule has 0 aliphatic rings. The minimum Gasteiger partial charge on any atom is -0.497 e. The second-order valence-corrected chi connectivity index (χ2v) is 10.2. The number of nitrogens with one attached hydrogen (secondary N) is 1. The van der Waals surface area contributed by atoms with Crippen molar-refractivity contribution in [2.75, 3.05) is 31.4 Å². The Bertz CT molecular complexity index is 1180. The Morgan fingerprint density at radius 3 is 2.14 bits per heavy atom. The van der Waals surface area contributed by atoms with Crippen LogP contribution in [0.5, 0.6) is 5.75 Å². The molecule has 6 nitrogen and oxygen atoms in total. The van der Waals surface area contributed by atoms with Gasteiger partial charge < -0.3 is 19.9 Å². The number of amides is 2. The molecule has 3 aromatic carbocycles. The van der Waals surface area contributed by atoms with Crippen molar-refractivity contribution in [1.29, 1.82) is 0 Å². The summed E-state index contributed by atoms with van der Waals surface area (Å²) in [6, 6.07) is 22.7. The molecule has 6 heteroatoms. The third-order valence-electron chi connectivity index (χ3n) is 6.16. The molecule has 0 aliphatic heterocycles. The predicted molar refractivity (Wildman–Crippen MR) is 147 cm³/mol. The summed E-state index contributed by atoms with van der Waals surface area (Å²) in [5.74, 6) is 0.554. The highest BCUT2D eigenvalue weighted by molar-refractivity contribution is 6.04. The predicted octanol–water partition coefficient (Wildman–Crippen LogP) is 6.15. The van der Waals surface area contributed by atoms with Gasteiger partial charge in [0.05, 0.1) is 13.2 Å². The van der Waals surface area contributed by atoms with Gasteiger partial charge in [-0.1, -0.05) is 51.1 Å². The number of carbonyl (C=O) groups is 2. The van der Waals surface area contributed by atoms with Crippen LogP contribution in [0.15, 0.2) is 72.8 Å². The van der Waals surface area contributed by atoms with E-state index in [-0.39, 0.29) is 17.9 Å². The molecule has 0 heterocycles. The van der Waals surface area contributed by atoms with Gasteiger partial charge in [0.25, 0.3) is 5.91 Å². The minimum atomic E-state index is -0.540. The van der Waals surface area contributed by atoms with Crippen LogP contribution in [0, 0.1) is 5.41 Å². The van der Waals surface area contributed by atoms with Crippen molar-refractivity contribution in [3.8, 4) is 5.75 Å². The zero-order valence-electron chi connectivity index (χ0n) is 22.3. The van der Waals surface area contributed by atoms with Crippen LogP contribution >= 0.6 is 0 Å². The smallest absolute Gasteiger partial charge is 0.255 e. The van der Waals surface area contributed by atoms with Crippen LogP contribution in [0.4, 0.5) is 11.4 Å². The van der Waals surface area contributed by atoms with Crippen LogP contribution < -0.4 is 15.0 Å². The molecule has 1 unspecified atom stereocenters. The third-order valence-corrected chi connectivity index (χ3v) is 6.16. The second kappa shape index (κ2) is 11.3. The summed E-state index contributed by atoms with van der Waals surface area (Å²) >= 11 is 0. The Morgan fingerprint density at radius 2 is 1.58 bits per heavy atom. The van der Waals surface area contributed by atoms with Gasteiger partial charge in [-0.05, 0) is 60.5 Å². The maximum absolute atomic E-state index is 13.6. The van der Waals surface area contributed by atoms with Gasteiger partial charge in [0.2, 0.25) is 5.91 Å². The molecule has 190 valence electrons. The molecule has 1 atom stereocenters. The molecular formula is C30H37N3O3. The highest BCUT2D eigenvalue weighted by Crippen LogP contribution is 2.32. The van der Waals surface area contributed by atoms with E-state index in [4.69, 9.17) is 4.74 Å². The number of rotatable bonds is 8. The maximum atomic E-state index is 13.6. The lowest BCUT2D eigenvalue weighted by Gasteiger charge is -2.35. The molecule has 0 spiro atoms. The standard InChI is InChI=1S/C30H37N3O3/c1-21(22-11-9-8-10-12-22)33(29(35)30(2,3)4)20-24-19-25(15-18-27(24)32(5)6)31-28(34)23-13-16-26(36-7)17-14-23/h8-19,21H,20H2,1-7H3,(H,31,34). The van der Waals surface area contributed by atoms with Crippen molar-refractivity contribution < 1.29 is 14.3 Å². The topological polar surface area (TPSA) is 61.9 Å². The lowest BCUT2D eigenvalue weighted by molar-refractivity contribution is -0.142. The van der Waals surface area contributed by atoms with Crippen molar-refractivity contribution in [3.63, 3.8) is 0 Å². The number of ether oxygens (including phenoxy) is 1. The van der Waals surface area contributed by atoms with Gasteiger partial charge in [-0.3, -0.25) is 9.59 Å². The Kier molecular flexibility index (Phi) is 8.41. The van der Waals surface area contributed by atoms with Gasteiger partial charge in [-0.25, -0.2) is 0 Å². The lowest BCUT2D eigenvalue weighted by atomic mass is 9.92. The fourth-order valence-corrected chi connectivity index (χ4v) is 4.08. The average molecular weight is 488 g/mol. The number of anilines is 2. The van der Waals surface area contributed by atoms with Crippen molar-refractivity contribution >= 4 is 23.2 Å². The first-order chi connectivity index (χ1) is 17.0.